The molecule has 110 valence electrons. The lowest BCUT2D eigenvalue weighted by molar-refractivity contribution is 0.337. The van der Waals surface area contributed by atoms with Crippen LogP contribution >= 0.6 is 27.5 Å². The Balaban J connectivity index is 3.05. The average molecular weight is 373 g/mol. The predicted octanol–water partition coefficient (Wildman–Crippen LogP) is 3.84. The van der Waals surface area contributed by atoms with Gasteiger partial charge in [-0.3, -0.25) is 0 Å². The summed E-state index contributed by atoms with van der Waals surface area (Å²) in [5.41, 5.74) is 0. The molecular weight excluding hydrogens is 354 g/mol. The summed E-state index contributed by atoms with van der Waals surface area (Å²) in [6.45, 7) is 6.03. The summed E-state index contributed by atoms with van der Waals surface area (Å²) < 4.78 is 31.8. The van der Waals surface area contributed by atoms with Gasteiger partial charge in [-0.25, -0.2) is 8.42 Å². The van der Waals surface area contributed by atoms with Crippen molar-refractivity contribution in [1.82, 2.24) is 4.31 Å². The van der Waals surface area contributed by atoms with Gasteiger partial charge >= 0.3 is 0 Å². The minimum absolute atomic E-state index is 0.0775. The van der Waals surface area contributed by atoms with E-state index in [0.717, 1.165) is 6.42 Å². The lowest BCUT2D eigenvalue weighted by Gasteiger charge is -2.25. The van der Waals surface area contributed by atoms with Crippen molar-refractivity contribution in [2.75, 3.05) is 7.05 Å². The monoisotopic (exact) mass is 371 g/mol. The van der Waals surface area contributed by atoms with Crippen molar-refractivity contribution >= 4 is 37.6 Å². The normalized spacial score (nSPS) is 14.3. The van der Waals surface area contributed by atoms with Gasteiger partial charge in [-0.2, -0.15) is 4.31 Å². The van der Waals surface area contributed by atoms with E-state index in [1.807, 2.05) is 6.92 Å². The second-order valence-electron chi connectivity index (χ2n) is 4.98. The molecule has 4 nitrogen and oxygen atoms in total. The van der Waals surface area contributed by atoms with Crippen LogP contribution in [-0.4, -0.2) is 25.8 Å². The molecule has 1 atom stereocenters. The molecule has 0 saturated heterocycles. The molecule has 1 aromatic heterocycles. The maximum Gasteiger partial charge on any atom is 0.247 e. The Morgan fingerprint density at radius 1 is 1.42 bits per heavy atom. The highest BCUT2D eigenvalue weighted by molar-refractivity contribution is 9.10. The Bertz CT molecular complexity index is 527. The fourth-order valence-electron chi connectivity index (χ4n) is 1.86. The second-order valence-corrected chi connectivity index (χ2v) is 7.94. The van der Waals surface area contributed by atoms with Crippen LogP contribution in [0.4, 0.5) is 0 Å². The van der Waals surface area contributed by atoms with Gasteiger partial charge in [-0.15, -0.1) is 11.6 Å². The predicted molar refractivity (Wildman–Crippen MR) is 79.8 cm³/mol. The van der Waals surface area contributed by atoms with Crippen LogP contribution in [0.15, 0.2) is 20.0 Å². The molecule has 0 aliphatic heterocycles. The number of hydrogen-bond acceptors (Lipinski definition) is 3. The molecule has 1 unspecified atom stereocenters. The van der Waals surface area contributed by atoms with E-state index >= 15 is 0 Å². The molecule has 19 heavy (non-hydrogen) atoms. The molecule has 0 fully saturated rings. The van der Waals surface area contributed by atoms with Gasteiger partial charge in [0.25, 0.3) is 0 Å². The van der Waals surface area contributed by atoms with Crippen LogP contribution in [0.2, 0.25) is 0 Å². The highest BCUT2D eigenvalue weighted by atomic mass is 79.9. The van der Waals surface area contributed by atoms with E-state index in [1.165, 1.54) is 10.4 Å². The maximum absolute atomic E-state index is 12.5. The summed E-state index contributed by atoms with van der Waals surface area (Å²) in [6.07, 6.45) is 0.799. The molecule has 1 rings (SSSR count). The minimum atomic E-state index is -3.57. The van der Waals surface area contributed by atoms with Crippen molar-refractivity contribution in [1.29, 1.82) is 0 Å². The van der Waals surface area contributed by atoms with Gasteiger partial charge in [0, 0.05) is 19.2 Å². The first-order valence-corrected chi connectivity index (χ1v) is 8.79. The Morgan fingerprint density at radius 2 is 2.00 bits per heavy atom. The van der Waals surface area contributed by atoms with Crippen LogP contribution in [0, 0.1) is 5.92 Å². The van der Waals surface area contributed by atoms with E-state index in [-0.39, 0.29) is 21.5 Å². The molecule has 0 N–H and O–H groups in total. The quantitative estimate of drug-likeness (QED) is 0.713. The SMILES string of the molecule is CC(C)CC(C)N(C)S(=O)(=O)c1cc(CCl)oc1Br. The van der Waals surface area contributed by atoms with Crippen molar-refractivity contribution in [3.8, 4) is 0 Å². The van der Waals surface area contributed by atoms with E-state index in [0.29, 0.717) is 11.7 Å². The first-order chi connectivity index (χ1) is 8.70. The zero-order valence-corrected chi connectivity index (χ0v) is 14.6. The fraction of sp³-hybridized carbons (Fsp3) is 0.667. The molecule has 1 heterocycles. The average Bonchev–Trinajstić information content (AvgIpc) is 2.69. The van der Waals surface area contributed by atoms with E-state index in [1.54, 1.807) is 7.05 Å². The van der Waals surface area contributed by atoms with Crippen LogP contribution in [0.5, 0.6) is 0 Å². The van der Waals surface area contributed by atoms with Crippen LogP contribution in [0.25, 0.3) is 0 Å². The van der Waals surface area contributed by atoms with Crippen LogP contribution in [0.1, 0.15) is 33.0 Å². The molecule has 0 aliphatic carbocycles. The van der Waals surface area contributed by atoms with Crippen molar-refractivity contribution in [2.24, 2.45) is 5.92 Å². The largest absolute Gasteiger partial charge is 0.452 e. The summed E-state index contributed by atoms with van der Waals surface area (Å²) in [4.78, 5) is 0.126. The van der Waals surface area contributed by atoms with E-state index < -0.39 is 10.0 Å². The summed E-state index contributed by atoms with van der Waals surface area (Å²) in [5.74, 6) is 0.996. The summed E-state index contributed by atoms with van der Waals surface area (Å²) in [6, 6.07) is 1.39. The van der Waals surface area contributed by atoms with E-state index in [9.17, 15) is 8.42 Å². The highest BCUT2D eigenvalue weighted by Gasteiger charge is 2.30. The lowest BCUT2D eigenvalue weighted by Crippen LogP contribution is -2.35. The van der Waals surface area contributed by atoms with Gasteiger partial charge < -0.3 is 4.42 Å². The van der Waals surface area contributed by atoms with Crippen molar-refractivity contribution in [3.63, 3.8) is 0 Å². The lowest BCUT2D eigenvalue weighted by atomic mass is 10.1. The molecule has 0 saturated carbocycles. The molecule has 1 aromatic rings. The fourth-order valence-corrected chi connectivity index (χ4v) is 4.32. The zero-order chi connectivity index (χ0) is 14.8. The standard InChI is InChI=1S/C12H19BrClNO3S/c1-8(2)5-9(3)15(4)19(16,17)11-6-10(7-14)18-12(11)13/h6,8-9H,5,7H2,1-4H3. The molecule has 0 aliphatic rings. The van der Waals surface area contributed by atoms with Gasteiger partial charge in [-0.1, -0.05) is 13.8 Å². The molecule has 7 heteroatoms. The van der Waals surface area contributed by atoms with E-state index in [4.69, 9.17) is 16.0 Å². The Hall–Kier alpha value is -0.0400. The second kappa shape index (κ2) is 6.61. The molecule has 0 amide bonds. The summed E-state index contributed by atoms with van der Waals surface area (Å²) in [5, 5.41) is 0. The zero-order valence-electron chi connectivity index (χ0n) is 11.5. The smallest absolute Gasteiger partial charge is 0.247 e. The number of alkyl halides is 1. The number of hydrogen-bond donors (Lipinski definition) is 0. The van der Waals surface area contributed by atoms with Crippen LogP contribution in [-0.2, 0) is 15.9 Å². The van der Waals surface area contributed by atoms with Crippen LogP contribution in [0.3, 0.4) is 0 Å². The van der Waals surface area contributed by atoms with Crippen molar-refractivity contribution < 1.29 is 12.8 Å². The summed E-state index contributed by atoms with van der Waals surface area (Å²) in [7, 11) is -1.98. The highest BCUT2D eigenvalue weighted by Crippen LogP contribution is 2.30. The number of nitrogens with zero attached hydrogens (tertiary/aromatic N) is 1. The molecule has 0 bridgehead atoms. The van der Waals surface area contributed by atoms with Crippen LogP contribution < -0.4 is 0 Å². The third kappa shape index (κ3) is 3.97. The number of furan rings is 1. The Morgan fingerprint density at radius 3 is 2.42 bits per heavy atom. The third-order valence-corrected chi connectivity index (χ3v) is 6.02. The Labute approximate surface area is 128 Å². The summed E-state index contributed by atoms with van der Waals surface area (Å²) >= 11 is 8.78. The van der Waals surface area contributed by atoms with Gasteiger partial charge in [0.05, 0.1) is 5.88 Å². The van der Waals surface area contributed by atoms with Gasteiger partial charge in [-0.05, 0) is 35.2 Å². The number of rotatable bonds is 6. The molecule has 0 spiro atoms. The Kier molecular flexibility index (Phi) is 5.92. The molecular formula is C12H19BrClNO3S. The molecule has 0 radical (unpaired) electrons. The third-order valence-electron chi connectivity index (χ3n) is 2.93. The topological polar surface area (TPSA) is 50.5 Å². The maximum atomic E-state index is 12.5. The molecule has 0 aromatic carbocycles. The number of halogens is 2. The van der Waals surface area contributed by atoms with Gasteiger partial charge in [0.1, 0.15) is 10.7 Å². The van der Waals surface area contributed by atoms with E-state index in [2.05, 4.69) is 29.8 Å². The number of sulfonamides is 1. The van der Waals surface area contributed by atoms with Gasteiger partial charge in [0.15, 0.2) is 4.67 Å². The first kappa shape index (κ1) is 17.0. The van der Waals surface area contributed by atoms with Crippen molar-refractivity contribution in [2.45, 2.75) is 44.0 Å². The van der Waals surface area contributed by atoms with Crippen molar-refractivity contribution in [3.05, 3.63) is 16.5 Å². The van der Waals surface area contributed by atoms with Gasteiger partial charge in [0.2, 0.25) is 10.0 Å². The minimum Gasteiger partial charge on any atom is -0.452 e. The first-order valence-electron chi connectivity index (χ1n) is 6.02.